The summed E-state index contributed by atoms with van der Waals surface area (Å²) in [6.45, 7) is 4.03. The lowest BCUT2D eigenvalue weighted by molar-refractivity contribution is -0.116. The number of anilines is 1. The van der Waals surface area contributed by atoms with Gasteiger partial charge in [-0.25, -0.2) is 0 Å². The van der Waals surface area contributed by atoms with Crippen LogP contribution in [0.15, 0.2) is 67.0 Å². The molecule has 1 N–H and O–H groups in total. The van der Waals surface area contributed by atoms with E-state index in [-0.39, 0.29) is 11.9 Å². The standard InChI is InChI=1S/C21H21ClN2O/c1-15-6-5-7-17(12-15)20(24-10-3-4-11-24)14-21(25)23-19-9-8-16(2)13-18(19)22/h3-13,20H,14H2,1-2H3,(H,23,25)/t20-/m0/s1. The predicted octanol–water partition coefficient (Wildman–Crippen LogP) is 5.38. The summed E-state index contributed by atoms with van der Waals surface area (Å²) < 4.78 is 2.06. The molecule has 0 bridgehead atoms. The summed E-state index contributed by atoms with van der Waals surface area (Å²) in [4.78, 5) is 12.6. The fourth-order valence-electron chi connectivity index (χ4n) is 2.93. The zero-order valence-electron chi connectivity index (χ0n) is 14.4. The summed E-state index contributed by atoms with van der Waals surface area (Å²) in [7, 11) is 0. The van der Waals surface area contributed by atoms with Gasteiger partial charge in [-0.1, -0.05) is 47.5 Å². The Hall–Kier alpha value is -2.52. The number of nitrogens with zero attached hydrogens (tertiary/aromatic N) is 1. The molecule has 0 fully saturated rings. The largest absolute Gasteiger partial charge is 0.346 e. The van der Waals surface area contributed by atoms with Crippen molar-refractivity contribution in [2.24, 2.45) is 0 Å². The average Bonchev–Trinajstić information content (AvgIpc) is 3.09. The lowest BCUT2D eigenvalue weighted by Gasteiger charge is -2.20. The number of carbonyl (C=O) groups excluding carboxylic acids is 1. The highest BCUT2D eigenvalue weighted by Crippen LogP contribution is 2.26. The van der Waals surface area contributed by atoms with Crippen LogP contribution in [0.3, 0.4) is 0 Å². The van der Waals surface area contributed by atoms with Crippen molar-refractivity contribution in [3.05, 3.63) is 88.7 Å². The van der Waals surface area contributed by atoms with Gasteiger partial charge in [-0.3, -0.25) is 4.79 Å². The Labute approximate surface area is 153 Å². The summed E-state index contributed by atoms with van der Waals surface area (Å²) >= 11 is 6.23. The first-order chi connectivity index (χ1) is 12.0. The average molecular weight is 353 g/mol. The Bertz CT molecular complexity index is 871. The monoisotopic (exact) mass is 352 g/mol. The van der Waals surface area contributed by atoms with Gasteiger partial charge in [0.25, 0.3) is 0 Å². The second-order valence-corrected chi connectivity index (χ2v) is 6.70. The Morgan fingerprint density at radius 2 is 1.76 bits per heavy atom. The molecule has 0 aliphatic heterocycles. The van der Waals surface area contributed by atoms with Crippen LogP contribution in [0.4, 0.5) is 5.69 Å². The summed E-state index contributed by atoms with van der Waals surface area (Å²) in [6.07, 6.45) is 4.31. The van der Waals surface area contributed by atoms with Crippen LogP contribution in [-0.2, 0) is 4.79 Å². The van der Waals surface area contributed by atoms with Crippen molar-refractivity contribution in [2.75, 3.05) is 5.32 Å². The van der Waals surface area contributed by atoms with Crippen molar-refractivity contribution in [3.8, 4) is 0 Å². The molecule has 0 aliphatic carbocycles. The van der Waals surface area contributed by atoms with Crippen LogP contribution in [0, 0.1) is 13.8 Å². The molecular formula is C21H21ClN2O. The molecule has 1 aromatic heterocycles. The van der Waals surface area contributed by atoms with Crippen molar-refractivity contribution in [3.63, 3.8) is 0 Å². The quantitative estimate of drug-likeness (QED) is 0.657. The molecule has 0 radical (unpaired) electrons. The van der Waals surface area contributed by atoms with E-state index in [4.69, 9.17) is 11.6 Å². The van der Waals surface area contributed by atoms with Crippen LogP contribution < -0.4 is 5.32 Å². The predicted molar refractivity (Wildman–Crippen MR) is 103 cm³/mol. The zero-order valence-corrected chi connectivity index (χ0v) is 15.1. The Morgan fingerprint density at radius 3 is 2.44 bits per heavy atom. The molecule has 0 saturated carbocycles. The Kier molecular flexibility index (Phi) is 5.25. The van der Waals surface area contributed by atoms with Gasteiger partial charge in [0.2, 0.25) is 5.91 Å². The van der Waals surface area contributed by atoms with E-state index in [2.05, 4.69) is 35.0 Å². The van der Waals surface area contributed by atoms with E-state index in [1.165, 1.54) is 5.56 Å². The Balaban J connectivity index is 1.82. The molecule has 1 heterocycles. The lowest BCUT2D eigenvalue weighted by Crippen LogP contribution is -2.20. The maximum Gasteiger partial charge on any atom is 0.226 e. The fourth-order valence-corrected chi connectivity index (χ4v) is 3.21. The van der Waals surface area contributed by atoms with Gasteiger partial charge in [-0.2, -0.15) is 0 Å². The lowest BCUT2D eigenvalue weighted by atomic mass is 10.0. The van der Waals surface area contributed by atoms with Gasteiger partial charge in [-0.15, -0.1) is 0 Å². The van der Waals surface area contributed by atoms with Crippen molar-refractivity contribution in [2.45, 2.75) is 26.3 Å². The SMILES string of the molecule is Cc1cccc([C@H](CC(=O)Nc2ccc(C)cc2Cl)n2cccc2)c1. The van der Waals surface area contributed by atoms with Crippen molar-refractivity contribution < 1.29 is 4.79 Å². The van der Waals surface area contributed by atoms with E-state index in [1.807, 2.05) is 55.7 Å². The molecule has 0 unspecified atom stereocenters. The summed E-state index contributed by atoms with van der Waals surface area (Å²) in [6, 6.07) is 17.8. The number of carbonyl (C=O) groups is 1. The second-order valence-electron chi connectivity index (χ2n) is 6.30. The molecular weight excluding hydrogens is 332 g/mol. The van der Waals surface area contributed by atoms with Crippen molar-refractivity contribution >= 4 is 23.2 Å². The molecule has 3 rings (SSSR count). The molecule has 1 atom stereocenters. The molecule has 0 aliphatic rings. The van der Waals surface area contributed by atoms with Crippen molar-refractivity contribution in [1.82, 2.24) is 4.57 Å². The van der Waals surface area contributed by atoms with Gasteiger partial charge in [0.15, 0.2) is 0 Å². The van der Waals surface area contributed by atoms with Gasteiger partial charge in [0, 0.05) is 12.4 Å². The van der Waals surface area contributed by atoms with Crippen LogP contribution >= 0.6 is 11.6 Å². The number of aryl methyl sites for hydroxylation is 2. The maximum absolute atomic E-state index is 12.6. The highest BCUT2D eigenvalue weighted by molar-refractivity contribution is 6.33. The van der Waals surface area contributed by atoms with Crippen LogP contribution in [0.2, 0.25) is 5.02 Å². The minimum Gasteiger partial charge on any atom is -0.346 e. The minimum absolute atomic E-state index is 0.0564. The number of aromatic nitrogens is 1. The number of rotatable bonds is 5. The normalized spacial score (nSPS) is 12.0. The number of halogens is 1. The third-order valence-electron chi connectivity index (χ3n) is 4.19. The topological polar surface area (TPSA) is 34.0 Å². The molecule has 0 saturated heterocycles. The molecule has 1 amide bonds. The van der Waals surface area contributed by atoms with E-state index in [0.717, 1.165) is 11.1 Å². The fraction of sp³-hybridized carbons (Fsp3) is 0.190. The second kappa shape index (κ2) is 7.58. The third kappa shape index (κ3) is 4.31. The van der Waals surface area contributed by atoms with Crippen LogP contribution in [0.25, 0.3) is 0 Å². The first kappa shape index (κ1) is 17.3. The van der Waals surface area contributed by atoms with E-state index in [9.17, 15) is 4.79 Å². The van der Waals surface area contributed by atoms with Gasteiger partial charge >= 0.3 is 0 Å². The highest BCUT2D eigenvalue weighted by Gasteiger charge is 2.18. The molecule has 3 aromatic rings. The zero-order chi connectivity index (χ0) is 17.8. The van der Waals surface area contributed by atoms with E-state index in [1.54, 1.807) is 0 Å². The van der Waals surface area contributed by atoms with E-state index in [0.29, 0.717) is 17.1 Å². The Morgan fingerprint density at radius 1 is 1.04 bits per heavy atom. The van der Waals surface area contributed by atoms with E-state index < -0.39 is 0 Å². The number of hydrogen-bond acceptors (Lipinski definition) is 1. The van der Waals surface area contributed by atoms with Gasteiger partial charge in [0.1, 0.15) is 0 Å². The summed E-state index contributed by atoms with van der Waals surface area (Å²) in [5.41, 5.74) is 4.00. The first-order valence-electron chi connectivity index (χ1n) is 8.28. The minimum atomic E-state index is -0.0639. The third-order valence-corrected chi connectivity index (χ3v) is 4.50. The maximum atomic E-state index is 12.6. The van der Waals surface area contributed by atoms with Gasteiger partial charge in [-0.05, 0) is 49.2 Å². The molecule has 0 spiro atoms. The van der Waals surface area contributed by atoms with Gasteiger partial charge in [0.05, 0.1) is 23.2 Å². The smallest absolute Gasteiger partial charge is 0.226 e. The van der Waals surface area contributed by atoms with Crippen LogP contribution in [-0.4, -0.2) is 10.5 Å². The number of hydrogen-bond donors (Lipinski definition) is 1. The molecule has 25 heavy (non-hydrogen) atoms. The van der Waals surface area contributed by atoms with Crippen LogP contribution in [0.1, 0.15) is 29.2 Å². The highest BCUT2D eigenvalue weighted by atomic mass is 35.5. The molecule has 4 heteroatoms. The first-order valence-corrected chi connectivity index (χ1v) is 8.66. The number of amides is 1. The number of benzene rings is 2. The number of nitrogens with one attached hydrogen (secondary N) is 1. The molecule has 2 aromatic carbocycles. The molecule has 128 valence electrons. The summed E-state index contributed by atoms with van der Waals surface area (Å²) in [5.74, 6) is -0.0639. The van der Waals surface area contributed by atoms with Gasteiger partial charge < -0.3 is 9.88 Å². The summed E-state index contributed by atoms with van der Waals surface area (Å²) in [5, 5.41) is 3.49. The van der Waals surface area contributed by atoms with Crippen molar-refractivity contribution in [1.29, 1.82) is 0 Å². The molecule has 3 nitrogen and oxygen atoms in total. The van der Waals surface area contributed by atoms with Crippen LogP contribution in [0.5, 0.6) is 0 Å². The van der Waals surface area contributed by atoms with E-state index >= 15 is 0 Å².